The van der Waals surface area contributed by atoms with Crippen LogP contribution in [0, 0.1) is 11.3 Å². The van der Waals surface area contributed by atoms with Gasteiger partial charge in [-0.3, -0.25) is 0 Å². The smallest absolute Gasteiger partial charge is 0.224 e. The third-order valence-corrected chi connectivity index (χ3v) is 2.67. The van der Waals surface area contributed by atoms with Crippen LogP contribution in [0.5, 0.6) is 0 Å². The van der Waals surface area contributed by atoms with Crippen molar-refractivity contribution in [2.75, 3.05) is 5.32 Å². The molecule has 0 bridgehead atoms. The number of nitriles is 1. The molecule has 0 spiro atoms. The summed E-state index contributed by atoms with van der Waals surface area (Å²) in [5, 5.41) is 12.1. The molecule has 1 heterocycles. The molecule has 0 unspecified atom stereocenters. The van der Waals surface area contributed by atoms with Crippen LogP contribution in [0.15, 0.2) is 30.5 Å². The maximum absolute atomic E-state index is 8.58. The van der Waals surface area contributed by atoms with Gasteiger partial charge < -0.3 is 5.32 Å². The number of nitrogens with zero attached hydrogens (tertiary/aromatic N) is 3. The lowest BCUT2D eigenvalue weighted by atomic mass is 10.1. The molecule has 6 heteroatoms. The Bertz CT molecular complexity index is 590. The van der Waals surface area contributed by atoms with Crippen molar-refractivity contribution in [1.82, 2.24) is 9.97 Å². The van der Waals surface area contributed by atoms with Gasteiger partial charge in [0, 0.05) is 5.69 Å². The van der Waals surface area contributed by atoms with Crippen LogP contribution < -0.4 is 5.32 Å². The summed E-state index contributed by atoms with van der Waals surface area (Å²) in [5.41, 5.74) is 1.77. The molecule has 0 fully saturated rings. The number of halogens is 2. The highest BCUT2D eigenvalue weighted by atomic mass is 35.5. The quantitative estimate of drug-likeness (QED) is 0.872. The minimum Gasteiger partial charge on any atom is -0.339 e. The lowest BCUT2D eigenvalue weighted by Gasteiger charge is -2.07. The second-order valence-electron chi connectivity index (χ2n) is 3.49. The van der Waals surface area contributed by atoms with Gasteiger partial charge in [0.1, 0.15) is 5.02 Å². The normalized spacial score (nSPS) is 9.83. The monoisotopic (exact) mass is 278 g/mol. The maximum Gasteiger partial charge on any atom is 0.224 e. The Morgan fingerprint density at radius 1 is 1.22 bits per heavy atom. The topological polar surface area (TPSA) is 61.6 Å². The molecule has 0 radical (unpaired) electrons. The Labute approximate surface area is 114 Å². The number of rotatable bonds is 3. The van der Waals surface area contributed by atoms with E-state index in [0.717, 1.165) is 11.3 Å². The van der Waals surface area contributed by atoms with Crippen molar-refractivity contribution in [2.45, 2.75) is 6.42 Å². The summed E-state index contributed by atoms with van der Waals surface area (Å²) in [5.74, 6) is 0.449. The van der Waals surface area contributed by atoms with Crippen molar-refractivity contribution in [3.05, 3.63) is 46.3 Å². The van der Waals surface area contributed by atoms with Gasteiger partial charge in [-0.05, 0) is 29.3 Å². The van der Waals surface area contributed by atoms with Crippen molar-refractivity contribution in [2.24, 2.45) is 0 Å². The fraction of sp³-hybridized carbons (Fsp3) is 0.0833. The Morgan fingerprint density at radius 3 is 2.61 bits per heavy atom. The predicted molar refractivity (Wildman–Crippen MR) is 71.1 cm³/mol. The van der Waals surface area contributed by atoms with Gasteiger partial charge in [0.2, 0.25) is 5.28 Å². The Morgan fingerprint density at radius 2 is 1.94 bits per heavy atom. The lowest BCUT2D eigenvalue weighted by Crippen LogP contribution is -1.96. The van der Waals surface area contributed by atoms with Crippen molar-refractivity contribution in [3.8, 4) is 6.07 Å². The number of hydrogen-bond donors (Lipinski definition) is 1. The number of hydrogen-bond acceptors (Lipinski definition) is 4. The number of nitrogens with one attached hydrogen (secondary N) is 1. The zero-order valence-electron chi connectivity index (χ0n) is 9.19. The highest BCUT2D eigenvalue weighted by molar-refractivity contribution is 6.33. The second-order valence-corrected chi connectivity index (χ2v) is 4.24. The standard InChI is InChI=1S/C12H8Cl2N4/c13-10-7-16-12(14)18-11(10)17-9-3-1-8(2-4-9)5-6-15/h1-4,7H,5H2,(H,16,17,18). The van der Waals surface area contributed by atoms with Crippen LogP contribution in [0.4, 0.5) is 11.5 Å². The van der Waals surface area contributed by atoms with E-state index in [1.165, 1.54) is 6.20 Å². The molecule has 2 aromatic rings. The van der Waals surface area contributed by atoms with Gasteiger partial charge in [-0.2, -0.15) is 10.2 Å². The lowest BCUT2D eigenvalue weighted by molar-refractivity contribution is 1.17. The Kier molecular flexibility index (Phi) is 3.98. The summed E-state index contributed by atoms with van der Waals surface area (Å²) in [6.07, 6.45) is 1.82. The molecular weight excluding hydrogens is 271 g/mol. The van der Waals surface area contributed by atoms with Crippen LogP contribution in [0.2, 0.25) is 10.3 Å². The summed E-state index contributed by atoms with van der Waals surface area (Å²) >= 11 is 11.6. The Balaban J connectivity index is 2.18. The molecule has 0 atom stereocenters. The van der Waals surface area contributed by atoms with Crippen molar-refractivity contribution in [1.29, 1.82) is 5.26 Å². The highest BCUT2D eigenvalue weighted by Gasteiger charge is 2.04. The summed E-state index contributed by atoms with van der Waals surface area (Å²) < 4.78 is 0. The third-order valence-electron chi connectivity index (χ3n) is 2.21. The van der Waals surface area contributed by atoms with Crippen LogP contribution in [-0.4, -0.2) is 9.97 Å². The van der Waals surface area contributed by atoms with Gasteiger partial charge in [-0.1, -0.05) is 23.7 Å². The molecule has 4 nitrogen and oxygen atoms in total. The van der Waals surface area contributed by atoms with E-state index in [-0.39, 0.29) is 5.28 Å². The average molecular weight is 279 g/mol. The van der Waals surface area contributed by atoms with Crippen molar-refractivity contribution < 1.29 is 0 Å². The van der Waals surface area contributed by atoms with E-state index in [2.05, 4.69) is 21.4 Å². The molecule has 0 aliphatic heterocycles. The Hall–Kier alpha value is -1.83. The zero-order chi connectivity index (χ0) is 13.0. The van der Waals surface area contributed by atoms with Crippen molar-refractivity contribution in [3.63, 3.8) is 0 Å². The first-order chi connectivity index (χ1) is 8.69. The first kappa shape index (κ1) is 12.6. The molecule has 0 amide bonds. The first-order valence-electron chi connectivity index (χ1n) is 5.10. The van der Waals surface area contributed by atoms with Crippen molar-refractivity contribution >= 4 is 34.7 Å². The number of aromatic nitrogens is 2. The molecule has 0 saturated carbocycles. The fourth-order valence-electron chi connectivity index (χ4n) is 1.37. The van der Waals surface area contributed by atoms with Gasteiger partial charge in [0.05, 0.1) is 18.7 Å². The van der Waals surface area contributed by atoms with Gasteiger partial charge in [0.25, 0.3) is 0 Å². The van der Waals surface area contributed by atoms with Crippen LogP contribution >= 0.6 is 23.2 Å². The van der Waals surface area contributed by atoms with Gasteiger partial charge in [-0.15, -0.1) is 0 Å². The van der Waals surface area contributed by atoms with E-state index in [1.54, 1.807) is 0 Å². The summed E-state index contributed by atoms with van der Waals surface area (Å²) in [6.45, 7) is 0. The van der Waals surface area contributed by atoms with E-state index in [1.807, 2.05) is 24.3 Å². The molecule has 1 aromatic carbocycles. The molecular formula is C12H8Cl2N4. The molecule has 2 rings (SSSR count). The predicted octanol–water partition coefficient (Wildman–Crippen LogP) is 3.59. The molecule has 90 valence electrons. The number of benzene rings is 1. The molecule has 1 aromatic heterocycles. The first-order valence-corrected chi connectivity index (χ1v) is 5.85. The van der Waals surface area contributed by atoms with Crippen LogP contribution in [0.3, 0.4) is 0 Å². The summed E-state index contributed by atoms with van der Waals surface area (Å²) in [4.78, 5) is 7.75. The molecule has 18 heavy (non-hydrogen) atoms. The minimum absolute atomic E-state index is 0.128. The van der Waals surface area contributed by atoms with E-state index >= 15 is 0 Å². The summed E-state index contributed by atoms with van der Waals surface area (Å²) in [6, 6.07) is 9.51. The highest BCUT2D eigenvalue weighted by Crippen LogP contribution is 2.23. The van der Waals surface area contributed by atoms with Gasteiger partial charge in [0.15, 0.2) is 5.82 Å². The van der Waals surface area contributed by atoms with Crippen LogP contribution in [0.1, 0.15) is 5.56 Å². The third kappa shape index (κ3) is 3.10. The van der Waals surface area contributed by atoms with Gasteiger partial charge in [-0.25, -0.2) is 4.98 Å². The second kappa shape index (κ2) is 5.67. The van der Waals surface area contributed by atoms with E-state index in [0.29, 0.717) is 17.3 Å². The minimum atomic E-state index is 0.128. The van der Waals surface area contributed by atoms with E-state index < -0.39 is 0 Å². The number of anilines is 2. The van der Waals surface area contributed by atoms with E-state index in [9.17, 15) is 0 Å². The largest absolute Gasteiger partial charge is 0.339 e. The SMILES string of the molecule is N#CCc1ccc(Nc2nc(Cl)ncc2Cl)cc1. The molecule has 0 aliphatic rings. The summed E-state index contributed by atoms with van der Waals surface area (Å²) in [7, 11) is 0. The molecule has 1 N–H and O–H groups in total. The van der Waals surface area contributed by atoms with Gasteiger partial charge >= 0.3 is 0 Å². The zero-order valence-corrected chi connectivity index (χ0v) is 10.7. The van der Waals surface area contributed by atoms with E-state index in [4.69, 9.17) is 28.5 Å². The average Bonchev–Trinajstić information content (AvgIpc) is 2.37. The fourth-order valence-corrected chi connectivity index (χ4v) is 1.64. The maximum atomic E-state index is 8.58. The molecule has 0 saturated heterocycles. The van der Waals surface area contributed by atoms with Crippen LogP contribution in [0.25, 0.3) is 0 Å². The molecule has 0 aliphatic carbocycles. The van der Waals surface area contributed by atoms with Crippen LogP contribution in [-0.2, 0) is 6.42 Å².